The maximum atomic E-state index is 13.3. The number of rotatable bonds is 11. The molecule has 1 unspecified atom stereocenters. The third kappa shape index (κ3) is 6.41. The molecule has 180 valence electrons. The number of nitrogens with one attached hydrogen (secondary N) is 1. The van der Waals surface area contributed by atoms with E-state index >= 15 is 0 Å². The fourth-order valence-electron chi connectivity index (χ4n) is 3.75. The van der Waals surface area contributed by atoms with Gasteiger partial charge in [0.25, 0.3) is 0 Å². The zero-order valence-electron chi connectivity index (χ0n) is 19.9. The van der Waals surface area contributed by atoms with Gasteiger partial charge in [-0.05, 0) is 65.9 Å². The minimum Gasteiger partial charge on any atom is -0.497 e. The van der Waals surface area contributed by atoms with Gasteiger partial charge in [0.05, 0.1) is 34.5 Å². The second-order valence-electron chi connectivity index (χ2n) is 7.76. The Labute approximate surface area is 199 Å². The maximum Gasteiger partial charge on any atom is 0.220 e. The van der Waals surface area contributed by atoms with E-state index < -0.39 is 0 Å². The Morgan fingerprint density at radius 1 is 0.824 bits per heavy atom. The van der Waals surface area contributed by atoms with Crippen LogP contribution >= 0.6 is 0 Å². The molecule has 3 aromatic carbocycles. The number of halogens is 1. The summed E-state index contributed by atoms with van der Waals surface area (Å²) in [6, 6.07) is 17.3. The number of hydrogen-bond acceptors (Lipinski definition) is 5. The summed E-state index contributed by atoms with van der Waals surface area (Å²) < 4.78 is 34.8. The Bertz CT molecular complexity index is 1060. The molecule has 0 aliphatic heterocycles. The highest BCUT2D eigenvalue weighted by molar-refractivity contribution is 5.77. The van der Waals surface area contributed by atoms with Crippen molar-refractivity contribution in [2.75, 3.05) is 28.4 Å². The molecule has 0 spiro atoms. The maximum absolute atomic E-state index is 13.3. The Hall–Kier alpha value is -3.74. The molecule has 0 aromatic heterocycles. The van der Waals surface area contributed by atoms with Crippen LogP contribution in [0.2, 0.25) is 0 Å². The lowest BCUT2D eigenvalue weighted by molar-refractivity contribution is -0.121. The number of carbonyl (C=O) groups excluding carboxylic acids is 1. The van der Waals surface area contributed by atoms with Crippen LogP contribution in [0.3, 0.4) is 0 Å². The standard InChI is InChI=1S/C27H30FNO5/c1-31-22-12-8-20(9-13-22)23(15-18-5-10-21(28)11-6-18)29-26(30)14-7-19-16-24(32-2)27(34-4)25(17-19)33-3/h5-6,8-13,16-17,23H,7,14-15H2,1-4H3,(H,29,30). The Kier molecular flexibility index (Phi) is 8.73. The molecule has 0 bridgehead atoms. The number of amides is 1. The summed E-state index contributed by atoms with van der Waals surface area (Å²) >= 11 is 0. The topological polar surface area (TPSA) is 66.0 Å². The molecule has 3 rings (SSSR count). The highest BCUT2D eigenvalue weighted by atomic mass is 19.1. The molecular formula is C27H30FNO5. The lowest BCUT2D eigenvalue weighted by atomic mass is 9.98. The molecule has 6 nitrogen and oxygen atoms in total. The molecule has 0 aliphatic rings. The predicted molar refractivity (Wildman–Crippen MR) is 128 cm³/mol. The molecule has 7 heteroatoms. The molecule has 1 N–H and O–H groups in total. The van der Waals surface area contributed by atoms with Gasteiger partial charge >= 0.3 is 0 Å². The molecular weight excluding hydrogens is 437 g/mol. The van der Waals surface area contributed by atoms with Gasteiger partial charge < -0.3 is 24.3 Å². The Balaban J connectivity index is 1.74. The van der Waals surface area contributed by atoms with Gasteiger partial charge in [0.15, 0.2) is 11.5 Å². The van der Waals surface area contributed by atoms with Crippen LogP contribution in [0.1, 0.15) is 29.2 Å². The zero-order chi connectivity index (χ0) is 24.5. The summed E-state index contributed by atoms with van der Waals surface area (Å²) in [5.41, 5.74) is 2.75. The van der Waals surface area contributed by atoms with Crippen LogP contribution in [-0.4, -0.2) is 34.3 Å². The van der Waals surface area contributed by atoms with Gasteiger partial charge in [-0.15, -0.1) is 0 Å². The van der Waals surface area contributed by atoms with Gasteiger partial charge in [0, 0.05) is 6.42 Å². The minimum atomic E-state index is -0.292. The van der Waals surface area contributed by atoms with E-state index in [0.29, 0.717) is 30.1 Å². The van der Waals surface area contributed by atoms with Crippen LogP contribution in [0.25, 0.3) is 0 Å². The van der Waals surface area contributed by atoms with Crippen molar-refractivity contribution in [3.05, 3.63) is 83.2 Å². The van der Waals surface area contributed by atoms with Gasteiger partial charge in [-0.25, -0.2) is 4.39 Å². The predicted octanol–water partition coefficient (Wildman–Crippen LogP) is 4.89. The van der Waals surface area contributed by atoms with Gasteiger partial charge in [0.1, 0.15) is 11.6 Å². The number of methoxy groups -OCH3 is 4. The van der Waals surface area contributed by atoms with Gasteiger partial charge in [0.2, 0.25) is 11.7 Å². The van der Waals surface area contributed by atoms with Crippen molar-refractivity contribution in [1.29, 1.82) is 0 Å². The molecule has 1 amide bonds. The van der Waals surface area contributed by atoms with Crippen LogP contribution in [-0.2, 0) is 17.6 Å². The van der Waals surface area contributed by atoms with E-state index in [-0.39, 0.29) is 24.2 Å². The second-order valence-corrected chi connectivity index (χ2v) is 7.76. The fourth-order valence-corrected chi connectivity index (χ4v) is 3.75. The number of ether oxygens (including phenoxy) is 4. The van der Waals surface area contributed by atoms with Gasteiger partial charge in [-0.1, -0.05) is 24.3 Å². The average molecular weight is 468 g/mol. The SMILES string of the molecule is COc1ccc(C(Cc2ccc(F)cc2)NC(=O)CCc2cc(OC)c(OC)c(OC)c2)cc1. The second kappa shape index (κ2) is 11.9. The largest absolute Gasteiger partial charge is 0.497 e. The molecule has 3 aromatic rings. The van der Waals surface area contributed by atoms with Crippen LogP contribution < -0.4 is 24.3 Å². The van der Waals surface area contributed by atoms with Crippen LogP contribution in [0.15, 0.2) is 60.7 Å². The highest BCUT2D eigenvalue weighted by Gasteiger charge is 2.18. The number of hydrogen-bond donors (Lipinski definition) is 1. The van der Waals surface area contributed by atoms with Crippen molar-refractivity contribution in [2.24, 2.45) is 0 Å². The van der Waals surface area contributed by atoms with E-state index in [0.717, 1.165) is 22.4 Å². The van der Waals surface area contributed by atoms with E-state index in [9.17, 15) is 9.18 Å². The Morgan fingerprint density at radius 3 is 1.97 bits per heavy atom. The number of carbonyl (C=O) groups is 1. The summed E-state index contributed by atoms with van der Waals surface area (Å²) in [6.45, 7) is 0. The summed E-state index contributed by atoms with van der Waals surface area (Å²) in [5.74, 6) is 1.94. The molecule has 34 heavy (non-hydrogen) atoms. The molecule has 0 heterocycles. The lowest BCUT2D eigenvalue weighted by Crippen LogP contribution is -2.30. The van der Waals surface area contributed by atoms with Crippen molar-refractivity contribution in [3.8, 4) is 23.0 Å². The van der Waals surface area contributed by atoms with Crippen molar-refractivity contribution < 1.29 is 28.1 Å². The first-order chi connectivity index (χ1) is 16.5. The van der Waals surface area contributed by atoms with Crippen molar-refractivity contribution in [2.45, 2.75) is 25.3 Å². The first-order valence-electron chi connectivity index (χ1n) is 10.9. The van der Waals surface area contributed by atoms with E-state index in [1.54, 1.807) is 40.6 Å². The van der Waals surface area contributed by atoms with Gasteiger partial charge in [-0.2, -0.15) is 0 Å². The van der Waals surface area contributed by atoms with E-state index in [1.165, 1.54) is 12.1 Å². The monoisotopic (exact) mass is 467 g/mol. The van der Waals surface area contributed by atoms with E-state index in [4.69, 9.17) is 18.9 Å². The third-order valence-corrected chi connectivity index (χ3v) is 5.57. The summed E-state index contributed by atoms with van der Waals surface area (Å²) in [5, 5.41) is 3.12. The third-order valence-electron chi connectivity index (χ3n) is 5.57. The van der Waals surface area contributed by atoms with Crippen LogP contribution in [0.4, 0.5) is 4.39 Å². The quantitative estimate of drug-likeness (QED) is 0.435. The van der Waals surface area contributed by atoms with Crippen molar-refractivity contribution in [3.63, 3.8) is 0 Å². The Morgan fingerprint density at radius 2 is 1.44 bits per heavy atom. The number of aryl methyl sites for hydroxylation is 1. The molecule has 0 saturated carbocycles. The first-order valence-corrected chi connectivity index (χ1v) is 10.9. The molecule has 1 atom stereocenters. The molecule has 0 fully saturated rings. The molecule has 0 aliphatic carbocycles. The normalized spacial score (nSPS) is 11.4. The van der Waals surface area contributed by atoms with Crippen LogP contribution in [0, 0.1) is 5.82 Å². The fraction of sp³-hybridized carbons (Fsp3) is 0.296. The van der Waals surface area contributed by atoms with E-state index in [2.05, 4.69) is 5.32 Å². The summed E-state index contributed by atoms with van der Waals surface area (Å²) in [7, 11) is 6.27. The van der Waals surface area contributed by atoms with Crippen LogP contribution in [0.5, 0.6) is 23.0 Å². The summed E-state index contributed by atoms with van der Waals surface area (Å²) in [6.07, 6.45) is 1.30. The molecule has 0 saturated heterocycles. The smallest absolute Gasteiger partial charge is 0.220 e. The highest BCUT2D eigenvalue weighted by Crippen LogP contribution is 2.38. The summed E-state index contributed by atoms with van der Waals surface area (Å²) in [4.78, 5) is 12.9. The van der Waals surface area contributed by atoms with Crippen molar-refractivity contribution >= 4 is 5.91 Å². The van der Waals surface area contributed by atoms with E-state index in [1.807, 2.05) is 36.4 Å². The van der Waals surface area contributed by atoms with Gasteiger partial charge in [-0.3, -0.25) is 4.79 Å². The zero-order valence-corrected chi connectivity index (χ0v) is 19.9. The minimum absolute atomic E-state index is 0.100. The van der Waals surface area contributed by atoms with Crippen molar-refractivity contribution in [1.82, 2.24) is 5.32 Å². The number of benzene rings is 3. The average Bonchev–Trinajstić information content (AvgIpc) is 2.87. The lowest BCUT2D eigenvalue weighted by Gasteiger charge is -2.20. The first kappa shape index (κ1) is 24.9. The molecule has 0 radical (unpaired) electrons.